The zero-order valence-corrected chi connectivity index (χ0v) is 18.1. The van der Waals surface area contributed by atoms with E-state index in [-0.39, 0.29) is 11.2 Å². The molecule has 0 atom stereocenters. The van der Waals surface area contributed by atoms with Crippen LogP contribution in [0.4, 0.5) is 0 Å². The van der Waals surface area contributed by atoms with Gasteiger partial charge in [-0.1, -0.05) is 25.7 Å². The van der Waals surface area contributed by atoms with Crippen molar-refractivity contribution in [1.82, 2.24) is 28.0 Å². The summed E-state index contributed by atoms with van der Waals surface area (Å²) in [5, 5.41) is 0. The highest BCUT2D eigenvalue weighted by Gasteiger charge is 2.24. The van der Waals surface area contributed by atoms with Crippen LogP contribution < -0.4 is 11.2 Å². The number of rotatable bonds is 4. The molecule has 8 heteroatoms. The summed E-state index contributed by atoms with van der Waals surface area (Å²) in [4.78, 5) is 33.5. The largest absolute Gasteiger partial charge is 0.332 e. The highest BCUT2D eigenvalue weighted by atomic mass is 16.2. The molecular formula is C22H32N6O2. The molecular weight excluding hydrogens is 380 g/mol. The predicted molar refractivity (Wildman–Crippen MR) is 117 cm³/mol. The molecule has 1 saturated carbocycles. The smallest absolute Gasteiger partial charge is 0.311 e. The Morgan fingerprint density at radius 1 is 1.00 bits per heavy atom. The lowest BCUT2D eigenvalue weighted by Crippen LogP contribution is -2.43. The van der Waals surface area contributed by atoms with Crippen molar-refractivity contribution in [2.45, 2.75) is 70.9 Å². The van der Waals surface area contributed by atoms with Crippen LogP contribution in [-0.4, -0.2) is 47.6 Å². The van der Waals surface area contributed by atoms with E-state index in [0.29, 0.717) is 23.8 Å². The maximum Gasteiger partial charge on any atom is 0.332 e. The molecule has 1 saturated heterocycles. The third-order valence-electron chi connectivity index (χ3n) is 7.10. The molecule has 3 aromatic heterocycles. The molecule has 0 amide bonds. The van der Waals surface area contributed by atoms with E-state index in [2.05, 4.69) is 16.4 Å². The topological polar surface area (TPSA) is 69.5 Å². The minimum atomic E-state index is -0.272. The minimum Gasteiger partial charge on any atom is -0.311 e. The number of hydrogen-bond acceptors (Lipinski definition) is 4. The van der Waals surface area contributed by atoms with Gasteiger partial charge in [-0.25, -0.2) is 4.79 Å². The average Bonchev–Trinajstić information content (AvgIpc) is 3.28. The van der Waals surface area contributed by atoms with Crippen molar-refractivity contribution in [3.05, 3.63) is 32.7 Å². The summed E-state index contributed by atoms with van der Waals surface area (Å²) in [6, 6.07) is 0.423. The lowest BCUT2D eigenvalue weighted by atomic mass is 9.95. The maximum atomic E-state index is 13.4. The van der Waals surface area contributed by atoms with E-state index in [1.54, 1.807) is 11.6 Å². The van der Waals surface area contributed by atoms with E-state index in [0.717, 1.165) is 43.9 Å². The molecule has 4 heterocycles. The summed E-state index contributed by atoms with van der Waals surface area (Å²) in [7, 11) is 1.73. The second-order valence-electron chi connectivity index (χ2n) is 9.09. The van der Waals surface area contributed by atoms with Gasteiger partial charge in [-0.3, -0.25) is 18.3 Å². The van der Waals surface area contributed by atoms with Crippen LogP contribution in [-0.2, 0) is 13.6 Å². The van der Waals surface area contributed by atoms with Gasteiger partial charge in [0.2, 0.25) is 5.78 Å². The van der Waals surface area contributed by atoms with Crippen molar-refractivity contribution in [2.24, 2.45) is 7.05 Å². The van der Waals surface area contributed by atoms with Crippen LogP contribution in [0.3, 0.4) is 0 Å². The van der Waals surface area contributed by atoms with Crippen LogP contribution in [0.5, 0.6) is 0 Å². The zero-order chi connectivity index (χ0) is 20.8. The van der Waals surface area contributed by atoms with Crippen LogP contribution in [0.2, 0.25) is 0 Å². The summed E-state index contributed by atoms with van der Waals surface area (Å²) in [6.07, 6.45) is 11.7. The molecule has 1 aliphatic heterocycles. The second-order valence-corrected chi connectivity index (χ2v) is 9.09. The number of aryl methyl sites for hydroxylation is 2. The van der Waals surface area contributed by atoms with E-state index in [4.69, 9.17) is 4.98 Å². The first kappa shape index (κ1) is 19.6. The van der Waals surface area contributed by atoms with Crippen molar-refractivity contribution >= 4 is 16.9 Å². The first-order chi connectivity index (χ1) is 14.6. The number of imidazole rings is 2. The zero-order valence-electron chi connectivity index (χ0n) is 18.1. The first-order valence-corrected chi connectivity index (χ1v) is 11.5. The molecule has 5 rings (SSSR count). The standard InChI is InChI=1S/C22H32N6O2/c1-16-15-27-18-19(23-21(27)28(16)17-9-5-3-6-10-17)24(2)22(30)26(20(18)29)14-13-25-11-7-4-8-12-25/h15,17H,3-14H2,1-2H3. The molecule has 0 unspecified atom stereocenters. The quantitative estimate of drug-likeness (QED) is 0.660. The van der Waals surface area contributed by atoms with Gasteiger partial charge in [-0.15, -0.1) is 0 Å². The predicted octanol–water partition coefficient (Wildman–Crippen LogP) is 2.45. The van der Waals surface area contributed by atoms with Crippen LogP contribution >= 0.6 is 0 Å². The van der Waals surface area contributed by atoms with Crippen molar-refractivity contribution in [3.63, 3.8) is 0 Å². The molecule has 0 bridgehead atoms. The number of piperidine rings is 1. The van der Waals surface area contributed by atoms with E-state index < -0.39 is 0 Å². The van der Waals surface area contributed by atoms with Gasteiger partial charge in [0.05, 0.1) is 0 Å². The molecule has 30 heavy (non-hydrogen) atoms. The second kappa shape index (κ2) is 7.72. The van der Waals surface area contributed by atoms with Gasteiger partial charge in [0.15, 0.2) is 11.2 Å². The molecule has 0 spiro atoms. The molecule has 8 nitrogen and oxygen atoms in total. The monoisotopic (exact) mass is 412 g/mol. The fraction of sp³-hybridized carbons (Fsp3) is 0.682. The summed E-state index contributed by atoms with van der Waals surface area (Å²) in [5.74, 6) is 0.787. The van der Waals surface area contributed by atoms with Crippen LogP contribution in [0, 0.1) is 6.92 Å². The summed E-state index contributed by atoms with van der Waals surface area (Å²) >= 11 is 0. The average molecular weight is 413 g/mol. The van der Waals surface area contributed by atoms with Crippen molar-refractivity contribution < 1.29 is 0 Å². The number of likely N-dealkylation sites (tertiary alicyclic amines) is 1. The third kappa shape index (κ3) is 3.12. The SMILES string of the molecule is Cc1cn2c3c(=O)n(CCN4CCCCC4)c(=O)n(C)c3nc2n1C1CCCCC1. The Balaban J connectivity index is 1.60. The van der Waals surface area contributed by atoms with Crippen LogP contribution in [0.25, 0.3) is 16.9 Å². The van der Waals surface area contributed by atoms with E-state index in [1.807, 2.05) is 10.6 Å². The van der Waals surface area contributed by atoms with Gasteiger partial charge in [0.1, 0.15) is 0 Å². The summed E-state index contributed by atoms with van der Waals surface area (Å²) in [5.41, 5.74) is 1.63. The number of hydrogen-bond donors (Lipinski definition) is 0. The van der Waals surface area contributed by atoms with E-state index in [9.17, 15) is 9.59 Å². The molecule has 3 aromatic rings. The van der Waals surface area contributed by atoms with Gasteiger partial charge >= 0.3 is 5.69 Å². The fourth-order valence-electron chi connectivity index (χ4n) is 5.44. The highest BCUT2D eigenvalue weighted by Crippen LogP contribution is 2.31. The molecule has 0 N–H and O–H groups in total. The summed E-state index contributed by atoms with van der Waals surface area (Å²) < 4.78 is 7.14. The minimum absolute atomic E-state index is 0.224. The number of aromatic nitrogens is 5. The Labute approximate surface area is 175 Å². The molecule has 0 radical (unpaired) electrons. The van der Waals surface area contributed by atoms with Crippen molar-refractivity contribution in [3.8, 4) is 0 Å². The van der Waals surface area contributed by atoms with Gasteiger partial charge in [-0.2, -0.15) is 4.98 Å². The van der Waals surface area contributed by atoms with Gasteiger partial charge in [0.25, 0.3) is 5.56 Å². The molecule has 2 fully saturated rings. The van der Waals surface area contributed by atoms with Gasteiger partial charge < -0.3 is 9.47 Å². The number of fused-ring (bicyclic) bond motifs is 3. The molecule has 0 aromatic carbocycles. The summed E-state index contributed by atoms with van der Waals surface area (Å²) in [6.45, 7) is 5.36. The van der Waals surface area contributed by atoms with Crippen LogP contribution in [0.1, 0.15) is 63.1 Å². The molecule has 162 valence electrons. The molecule has 2 aliphatic rings. The van der Waals surface area contributed by atoms with E-state index in [1.165, 1.54) is 43.1 Å². The Morgan fingerprint density at radius 2 is 1.70 bits per heavy atom. The Hall–Kier alpha value is -2.35. The van der Waals surface area contributed by atoms with Gasteiger partial charge in [0, 0.05) is 38.1 Å². The Bertz CT molecular complexity index is 1180. The van der Waals surface area contributed by atoms with E-state index >= 15 is 0 Å². The van der Waals surface area contributed by atoms with Crippen molar-refractivity contribution in [2.75, 3.05) is 19.6 Å². The van der Waals surface area contributed by atoms with Gasteiger partial charge in [-0.05, 0) is 45.7 Å². The molecule has 1 aliphatic carbocycles. The fourth-order valence-corrected chi connectivity index (χ4v) is 5.44. The Kier molecular flexibility index (Phi) is 5.05. The lowest BCUT2D eigenvalue weighted by molar-refractivity contribution is 0.218. The highest BCUT2D eigenvalue weighted by molar-refractivity contribution is 5.75. The first-order valence-electron chi connectivity index (χ1n) is 11.5. The normalized spacial score (nSPS) is 19.3. The maximum absolute atomic E-state index is 13.4. The lowest BCUT2D eigenvalue weighted by Gasteiger charge is -2.26. The third-order valence-corrected chi connectivity index (χ3v) is 7.10. The Morgan fingerprint density at radius 3 is 2.43 bits per heavy atom. The van der Waals surface area contributed by atoms with Crippen molar-refractivity contribution in [1.29, 1.82) is 0 Å². The number of nitrogens with zero attached hydrogens (tertiary/aromatic N) is 6. The van der Waals surface area contributed by atoms with Crippen LogP contribution in [0.15, 0.2) is 15.8 Å².